The molecule has 45 heavy (non-hydrogen) atoms. The number of aryl methyl sites for hydroxylation is 1. The Labute approximate surface area is 275 Å². The molecule has 238 valence electrons. The fourth-order valence-electron chi connectivity index (χ4n) is 3.14. The Kier molecular flexibility index (Phi) is 14.2. The van der Waals surface area contributed by atoms with Crippen molar-refractivity contribution in [3.8, 4) is 5.75 Å². The summed E-state index contributed by atoms with van der Waals surface area (Å²) >= 11 is 22.3. The Balaban J connectivity index is 0.000000209. The number of ether oxygens (including phenoxy) is 1. The summed E-state index contributed by atoms with van der Waals surface area (Å²) in [7, 11) is 6.62. The lowest BCUT2D eigenvalue weighted by atomic mass is 10.3. The molecule has 0 saturated heterocycles. The zero-order chi connectivity index (χ0) is 33.7. The van der Waals surface area contributed by atoms with Crippen molar-refractivity contribution in [1.29, 1.82) is 0 Å². The van der Waals surface area contributed by atoms with E-state index in [-0.39, 0.29) is 27.4 Å². The van der Waals surface area contributed by atoms with Crippen molar-refractivity contribution in [3.63, 3.8) is 0 Å². The Morgan fingerprint density at radius 1 is 0.756 bits per heavy atom. The van der Waals surface area contributed by atoms with E-state index in [0.29, 0.717) is 21.7 Å². The van der Waals surface area contributed by atoms with Gasteiger partial charge in [0.05, 0.1) is 52.6 Å². The number of nitrogens with two attached hydrogens (primary N) is 1. The molecule has 0 amide bonds. The molecule has 0 fully saturated rings. The van der Waals surface area contributed by atoms with Crippen molar-refractivity contribution in [2.24, 2.45) is 7.05 Å². The van der Waals surface area contributed by atoms with E-state index in [0.717, 1.165) is 29.1 Å². The quantitative estimate of drug-likeness (QED) is 0.104. The molecule has 0 saturated carbocycles. The van der Waals surface area contributed by atoms with Crippen LogP contribution in [0.1, 0.15) is 0 Å². The molecule has 0 bridgehead atoms. The molecule has 0 spiro atoms. The third-order valence-electron chi connectivity index (χ3n) is 5.29. The number of nitro groups is 2. The maximum Gasteiger partial charge on any atom is 0.329 e. The lowest BCUT2D eigenvalue weighted by molar-refractivity contribution is -0.386. The Hall–Kier alpha value is -4.77. The Morgan fingerprint density at radius 2 is 1.24 bits per heavy atom. The van der Waals surface area contributed by atoms with Crippen LogP contribution in [0.5, 0.6) is 5.75 Å². The number of aromatic nitrogens is 6. The smallest absolute Gasteiger partial charge is 0.329 e. The number of hydrogen-bond acceptors (Lipinski definition) is 13. The van der Waals surface area contributed by atoms with Gasteiger partial charge in [0.15, 0.2) is 0 Å². The number of nitrogens with zero attached hydrogens (tertiary/aromatic N) is 8. The molecular formula is C25H25Cl4N11O5. The van der Waals surface area contributed by atoms with Crippen molar-refractivity contribution in [3.05, 3.63) is 96.2 Å². The van der Waals surface area contributed by atoms with E-state index >= 15 is 0 Å². The van der Waals surface area contributed by atoms with Crippen LogP contribution in [-0.2, 0) is 7.05 Å². The highest BCUT2D eigenvalue weighted by atomic mass is 35.5. The molecule has 0 aliphatic heterocycles. The highest BCUT2D eigenvalue weighted by molar-refractivity contribution is 6.30. The van der Waals surface area contributed by atoms with Crippen LogP contribution in [0.15, 0.2) is 55.4 Å². The van der Waals surface area contributed by atoms with E-state index in [1.807, 2.05) is 11.6 Å². The van der Waals surface area contributed by atoms with E-state index < -0.39 is 9.85 Å². The summed E-state index contributed by atoms with van der Waals surface area (Å²) in [6.45, 7) is 0. The lowest BCUT2D eigenvalue weighted by Crippen LogP contribution is -1.97. The Morgan fingerprint density at radius 3 is 1.78 bits per heavy atom. The van der Waals surface area contributed by atoms with E-state index in [9.17, 15) is 20.2 Å². The molecule has 4 N–H and O–H groups in total. The predicted molar refractivity (Wildman–Crippen MR) is 175 cm³/mol. The number of anilines is 3. The van der Waals surface area contributed by atoms with Gasteiger partial charge in [0, 0.05) is 45.4 Å². The van der Waals surface area contributed by atoms with Gasteiger partial charge in [-0.1, -0.05) is 46.4 Å². The van der Waals surface area contributed by atoms with Crippen LogP contribution in [0.2, 0.25) is 20.6 Å². The standard InChI is InChI=1S/C7H6ClN3.C6H6ClN3O2.C6H8ClN3.C6H5ClN2O3/c1-11-4-10-5-3-9-7(8)2-6(5)11;1-8-4-2-6(7)9-3-5(4)10(11)12;1-9-5-2-6(7)10-3-4(5)8;1-12-5-2-6(7)8-3-4(5)9(10)11/h2-4H,1H3;2-3H,1H3,(H,8,9);2-3H,8H2,1H3,(H,9,10);2-3H,1H3. The molecule has 0 atom stereocenters. The van der Waals surface area contributed by atoms with Crippen molar-refractivity contribution in [2.45, 2.75) is 0 Å². The minimum atomic E-state index is -0.581. The second-order valence-corrected chi connectivity index (χ2v) is 9.71. The van der Waals surface area contributed by atoms with Crippen molar-refractivity contribution in [2.75, 3.05) is 37.6 Å². The van der Waals surface area contributed by atoms with Gasteiger partial charge in [-0.05, 0) is 0 Å². The predicted octanol–water partition coefficient (Wildman–Crippen LogP) is 6.32. The van der Waals surface area contributed by atoms with Crippen LogP contribution in [0.25, 0.3) is 11.0 Å². The van der Waals surface area contributed by atoms with Gasteiger partial charge in [0.25, 0.3) is 0 Å². The van der Waals surface area contributed by atoms with E-state index in [1.165, 1.54) is 25.4 Å². The molecule has 0 aromatic carbocycles. The van der Waals surface area contributed by atoms with E-state index in [1.54, 1.807) is 38.8 Å². The van der Waals surface area contributed by atoms with Crippen molar-refractivity contribution < 1.29 is 14.6 Å². The molecule has 5 aromatic rings. The summed E-state index contributed by atoms with van der Waals surface area (Å²) in [5, 5.41) is 27.6. The number of rotatable bonds is 5. The maximum absolute atomic E-state index is 10.4. The fraction of sp³-hybridized carbons (Fsp3) is 0.160. The number of halogens is 4. The molecule has 20 heteroatoms. The first-order valence-electron chi connectivity index (χ1n) is 12.1. The van der Waals surface area contributed by atoms with Crippen LogP contribution >= 0.6 is 46.4 Å². The minimum absolute atomic E-state index is 0.0816. The maximum atomic E-state index is 10.4. The molecule has 5 heterocycles. The van der Waals surface area contributed by atoms with Crippen LogP contribution in [0.4, 0.5) is 28.4 Å². The molecular weight excluding hydrogens is 676 g/mol. The van der Waals surface area contributed by atoms with Gasteiger partial charge >= 0.3 is 11.4 Å². The lowest BCUT2D eigenvalue weighted by Gasteiger charge is -2.02. The number of methoxy groups -OCH3 is 1. The monoisotopic (exact) mass is 699 g/mol. The number of pyridine rings is 4. The molecule has 16 nitrogen and oxygen atoms in total. The summed E-state index contributed by atoms with van der Waals surface area (Å²) in [4.78, 5) is 38.6. The average molecular weight is 701 g/mol. The molecule has 5 aromatic heterocycles. The Bertz CT molecular complexity index is 1710. The topological polar surface area (TPSA) is 215 Å². The highest BCUT2D eigenvalue weighted by Gasteiger charge is 2.15. The van der Waals surface area contributed by atoms with E-state index in [2.05, 4.69) is 35.6 Å². The van der Waals surface area contributed by atoms with Crippen molar-refractivity contribution >= 4 is 85.9 Å². The number of imidazole rings is 1. The molecule has 0 aliphatic rings. The third kappa shape index (κ3) is 11.0. The van der Waals surface area contributed by atoms with Crippen LogP contribution in [-0.4, -0.2) is 60.5 Å². The molecule has 0 radical (unpaired) electrons. The number of nitrogen functional groups attached to an aromatic ring is 1. The molecule has 0 aliphatic carbocycles. The highest BCUT2D eigenvalue weighted by Crippen LogP contribution is 2.27. The van der Waals surface area contributed by atoms with Gasteiger partial charge in [-0.2, -0.15) is 0 Å². The fourth-order valence-corrected chi connectivity index (χ4v) is 3.75. The molecule has 5 rings (SSSR count). The zero-order valence-electron chi connectivity index (χ0n) is 23.9. The summed E-state index contributed by atoms with van der Waals surface area (Å²) in [5.41, 5.74) is 8.89. The third-order valence-corrected chi connectivity index (χ3v) is 6.12. The number of hydrogen-bond donors (Lipinski definition) is 3. The normalized spacial score (nSPS) is 9.78. The second-order valence-electron chi connectivity index (χ2n) is 8.16. The van der Waals surface area contributed by atoms with Crippen LogP contribution in [0.3, 0.4) is 0 Å². The number of fused-ring (bicyclic) bond motifs is 1. The molecule has 0 unspecified atom stereocenters. The summed E-state index contributed by atoms with van der Waals surface area (Å²) in [6, 6.07) is 6.17. The number of nitrogens with one attached hydrogen (secondary N) is 2. The first-order chi connectivity index (χ1) is 21.3. The first-order valence-corrected chi connectivity index (χ1v) is 13.6. The summed E-state index contributed by atoms with van der Waals surface area (Å²) in [6.07, 6.45) is 7.10. The SMILES string of the molecule is CNc1cc(Cl)ncc1N.CNc1cc(Cl)ncc1[N+](=O)[O-].COc1cc(Cl)ncc1[N+](=O)[O-].Cn1cnc2cnc(Cl)cc21. The van der Waals surface area contributed by atoms with Gasteiger partial charge in [0.2, 0.25) is 5.75 Å². The van der Waals surface area contributed by atoms with Gasteiger partial charge in [-0.15, -0.1) is 0 Å². The summed E-state index contributed by atoms with van der Waals surface area (Å²) in [5.74, 6) is 0.111. The largest absolute Gasteiger partial charge is 0.490 e. The second kappa shape index (κ2) is 17.5. The van der Waals surface area contributed by atoms with Crippen LogP contribution < -0.4 is 21.1 Å². The van der Waals surface area contributed by atoms with Crippen LogP contribution in [0, 0.1) is 20.2 Å². The van der Waals surface area contributed by atoms with E-state index in [4.69, 9.17) is 56.9 Å². The summed E-state index contributed by atoms with van der Waals surface area (Å²) < 4.78 is 6.63. The average Bonchev–Trinajstić information content (AvgIpc) is 3.38. The van der Waals surface area contributed by atoms with Gasteiger partial charge in [0.1, 0.15) is 44.2 Å². The van der Waals surface area contributed by atoms with Gasteiger partial charge in [-0.25, -0.2) is 24.9 Å². The first kappa shape index (κ1) is 36.4. The zero-order valence-corrected chi connectivity index (χ0v) is 26.9. The van der Waals surface area contributed by atoms with Gasteiger partial charge in [-0.3, -0.25) is 20.2 Å². The van der Waals surface area contributed by atoms with Crippen molar-refractivity contribution in [1.82, 2.24) is 29.5 Å². The van der Waals surface area contributed by atoms with Gasteiger partial charge < -0.3 is 25.7 Å². The minimum Gasteiger partial charge on any atom is -0.490 e.